The molecule has 0 aromatic carbocycles. The third kappa shape index (κ3) is 1.76. The molecule has 2 unspecified atom stereocenters. The van der Waals surface area contributed by atoms with Crippen molar-refractivity contribution in [2.45, 2.75) is 28.8 Å². The van der Waals surface area contributed by atoms with Gasteiger partial charge in [-0.3, -0.25) is 9.00 Å². The lowest BCUT2D eigenvalue weighted by Crippen LogP contribution is -2.38. The summed E-state index contributed by atoms with van der Waals surface area (Å²) in [5, 5.41) is 0. The smallest absolute Gasteiger partial charge is 0.236 e. The van der Waals surface area contributed by atoms with Gasteiger partial charge in [-0.15, -0.1) is 0 Å². The van der Waals surface area contributed by atoms with Crippen molar-refractivity contribution < 1.29 is 9.00 Å². The van der Waals surface area contributed by atoms with Gasteiger partial charge >= 0.3 is 0 Å². The zero-order chi connectivity index (χ0) is 10.3. The first-order valence-corrected chi connectivity index (χ1v) is 7.29. The Hall–Kier alpha value is 0.1000. The number of halogens is 1. The lowest BCUT2D eigenvalue weighted by molar-refractivity contribution is -0.127. The van der Waals surface area contributed by atoms with Crippen LogP contribution in [0, 0.1) is 0 Å². The molecule has 1 saturated heterocycles. The van der Waals surface area contributed by atoms with Crippen LogP contribution in [0.4, 0.5) is 0 Å². The monoisotopic (exact) mass is 279 g/mol. The van der Waals surface area contributed by atoms with E-state index in [0.717, 1.165) is 25.8 Å². The SMILES string of the molecule is CS(=O)C1(CN2CCC(Br)C2=O)CC1. The number of hydrogen-bond donors (Lipinski definition) is 0. The highest BCUT2D eigenvalue weighted by Crippen LogP contribution is 2.42. The summed E-state index contributed by atoms with van der Waals surface area (Å²) in [6.45, 7) is 1.50. The fourth-order valence-corrected chi connectivity index (χ4v) is 3.39. The van der Waals surface area contributed by atoms with Gasteiger partial charge in [0.2, 0.25) is 5.91 Å². The molecule has 1 saturated carbocycles. The van der Waals surface area contributed by atoms with Crippen molar-refractivity contribution in [3.05, 3.63) is 0 Å². The Morgan fingerprint density at radius 1 is 1.64 bits per heavy atom. The maximum absolute atomic E-state index is 11.6. The number of alkyl halides is 1. The van der Waals surface area contributed by atoms with E-state index in [1.54, 1.807) is 6.26 Å². The molecule has 0 spiro atoms. The second-order valence-electron chi connectivity index (χ2n) is 4.15. The zero-order valence-electron chi connectivity index (χ0n) is 8.16. The number of carbonyl (C=O) groups is 1. The van der Waals surface area contributed by atoms with Crippen molar-refractivity contribution in [3.8, 4) is 0 Å². The first-order chi connectivity index (χ1) is 6.55. The molecule has 1 aliphatic carbocycles. The average Bonchev–Trinajstić information content (AvgIpc) is 2.85. The van der Waals surface area contributed by atoms with E-state index in [-0.39, 0.29) is 15.5 Å². The highest BCUT2D eigenvalue weighted by Gasteiger charge is 2.49. The minimum Gasteiger partial charge on any atom is -0.340 e. The topological polar surface area (TPSA) is 37.4 Å². The van der Waals surface area contributed by atoms with Gasteiger partial charge in [-0.05, 0) is 19.3 Å². The van der Waals surface area contributed by atoms with Gasteiger partial charge in [0.05, 0.1) is 9.57 Å². The molecule has 2 aliphatic rings. The molecular weight excluding hydrogens is 266 g/mol. The van der Waals surface area contributed by atoms with Gasteiger partial charge in [-0.25, -0.2) is 0 Å². The molecule has 1 aliphatic heterocycles. The fourth-order valence-electron chi connectivity index (χ4n) is 1.88. The molecule has 0 aromatic rings. The molecule has 2 atom stereocenters. The summed E-state index contributed by atoms with van der Waals surface area (Å²) in [7, 11) is -0.796. The van der Waals surface area contributed by atoms with E-state index in [1.165, 1.54) is 0 Å². The van der Waals surface area contributed by atoms with Crippen LogP contribution in [0.5, 0.6) is 0 Å². The number of amides is 1. The molecule has 0 radical (unpaired) electrons. The number of hydrogen-bond acceptors (Lipinski definition) is 2. The second kappa shape index (κ2) is 3.59. The molecule has 0 bridgehead atoms. The van der Waals surface area contributed by atoms with E-state index in [9.17, 15) is 9.00 Å². The Labute approximate surface area is 94.8 Å². The Balaban J connectivity index is 1.99. The van der Waals surface area contributed by atoms with Crippen LogP contribution < -0.4 is 0 Å². The first-order valence-electron chi connectivity index (χ1n) is 4.82. The predicted molar refractivity (Wildman–Crippen MR) is 59.9 cm³/mol. The summed E-state index contributed by atoms with van der Waals surface area (Å²) >= 11 is 3.34. The summed E-state index contributed by atoms with van der Waals surface area (Å²) in [6.07, 6.45) is 4.64. The van der Waals surface area contributed by atoms with Crippen molar-refractivity contribution in [1.82, 2.24) is 4.90 Å². The molecule has 14 heavy (non-hydrogen) atoms. The minimum atomic E-state index is -0.796. The number of carbonyl (C=O) groups excluding carboxylic acids is 1. The number of rotatable bonds is 3. The summed E-state index contributed by atoms with van der Waals surface area (Å²) in [5.74, 6) is 0.168. The highest BCUT2D eigenvalue weighted by atomic mass is 79.9. The molecule has 0 N–H and O–H groups in total. The van der Waals surface area contributed by atoms with E-state index in [1.807, 2.05) is 4.90 Å². The maximum atomic E-state index is 11.6. The third-order valence-electron chi connectivity index (χ3n) is 3.13. The van der Waals surface area contributed by atoms with Crippen molar-refractivity contribution in [2.24, 2.45) is 0 Å². The van der Waals surface area contributed by atoms with Crippen molar-refractivity contribution in [1.29, 1.82) is 0 Å². The zero-order valence-corrected chi connectivity index (χ0v) is 10.6. The molecule has 0 aromatic heterocycles. The van der Waals surface area contributed by atoms with Gasteiger partial charge in [-0.2, -0.15) is 0 Å². The van der Waals surface area contributed by atoms with Gasteiger partial charge in [0.25, 0.3) is 0 Å². The van der Waals surface area contributed by atoms with Crippen LogP contribution in [0.25, 0.3) is 0 Å². The fraction of sp³-hybridized carbons (Fsp3) is 0.889. The largest absolute Gasteiger partial charge is 0.340 e. The Kier molecular flexibility index (Phi) is 2.72. The van der Waals surface area contributed by atoms with Gasteiger partial charge in [0.1, 0.15) is 0 Å². The standard InChI is InChI=1S/C9H14BrNO2S/c1-14(13)9(3-4-9)6-11-5-2-7(10)8(11)12/h7H,2-6H2,1H3. The van der Waals surface area contributed by atoms with Crippen LogP contribution in [0.1, 0.15) is 19.3 Å². The van der Waals surface area contributed by atoms with Crippen LogP contribution >= 0.6 is 15.9 Å². The predicted octanol–water partition coefficient (Wildman–Crippen LogP) is 0.893. The minimum absolute atomic E-state index is 0.0106. The van der Waals surface area contributed by atoms with E-state index in [2.05, 4.69) is 15.9 Å². The van der Waals surface area contributed by atoms with Crippen molar-refractivity contribution in [3.63, 3.8) is 0 Å². The van der Waals surface area contributed by atoms with E-state index < -0.39 is 10.8 Å². The van der Waals surface area contributed by atoms with Crippen molar-refractivity contribution in [2.75, 3.05) is 19.3 Å². The maximum Gasteiger partial charge on any atom is 0.236 e. The number of likely N-dealkylation sites (tertiary alicyclic amines) is 1. The lowest BCUT2D eigenvalue weighted by atomic mass is 10.4. The van der Waals surface area contributed by atoms with Crippen LogP contribution in [-0.4, -0.2) is 43.9 Å². The molecule has 1 heterocycles. The second-order valence-corrected chi connectivity index (χ2v) is 7.03. The Morgan fingerprint density at radius 2 is 2.29 bits per heavy atom. The Morgan fingerprint density at radius 3 is 2.64 bits per heavy atom. The molecule has 5 heteroatoms. The van der Waals surface area contributed by atoms with Crippen LogP contribution in [-0.2, 0) is 15.6 Å². The summed E-state index contributed by atoms with van der Waals surface area (Å²) in [5.41, 5.74) is 0. The van der Waals surface area contributed by atoms with Crippen molar-refractivity contribution >= 4 is 32.6 Å². The van der Waals surface area contributed by atoms with Crippen LogP contribution in [0.15, 0.2) is 0 Å². The lowest BCUT2D eigenvalue weighted by Gasteiger charge is -2.21. The highest BCUT2D eigenvalue weighted by molar-refractivity contribution is 9.10. The quantitative estimate of drug-likeness (QED) is 0.720. The van der Waals surface area contributed by atoms with E-state index >= 15 is 0 Å². The molecule has 2 rings (SSSR count). The van der Waals surface area contributed by atoms with E-state index in [4.69, 9.17) is 0 Å². The number of nitrogens with zero attached hydrogens (tertiary/aromatic N) is 1. The summed E-state index contributed by atoms with van der Waals surface area (Å²) in [4.78, 5) is 13.5. The molecule has 1 amide bonds. The summed E-state index contributed by atoms with van der Waals surface area (Å²) < 4.78 is 11.4. The van der Waals surface area contributed by atoms with E-state index in [0.29, 0.717) is 6.54 Å². The average molecular weight is 280 g/mol. The first kappa shape index (κ1) is 10.6. The van der Waals surface area contributed by atoms with Gasteiger partial charge in [0, 0.05) is 30.1 Å². The molecular formula is C9H14BrNO2S. The molecule has 3 nitrogen and oxygen atoms in total. The van der Waals surface area contributed by atoms with Gasteiger partial charge in [-0.1, -0.05) is 15.9 Å². The normalized spacial score (nSPS) is 32.0. The Bertz CT molecular complexity index is 291. The molecule has 2 fully saturated rings. The van der Waals surface area contributed by atoms with Gasteiger partial charge in [0.15, 0.2) is 0 Å². The summed E-state index contributed by atoms with van der Waals surface area (Å²) in [6, 6.07) is 0. The third-order valence-corrected chi connectivity index (χ3v) is 5.74. The van der Waals surface area contributed by atoms with Gasteiger partial charge < -0.3 is 4.90 Å². The molecule has 80 valence electrons. The van der Waals surface area contributed by atoms with Crippen LogP contribution in [0.3, 0.4) is 0 Å². The van der Waals surface area contributed by atoms with Crippen LogP contribution in [0.2, 0.25) is 0 Å².